The molecule has 162 valence electrons. The average molecular weight is 493 g/mol. The third-order valence-electron chi connectivity index (χ3n) is 5.42. The molecule has 1 amide bonds. The highest BCUT2D eigenvalue weighted by atomic mass is 79.9. The minimum absolute atomic E-state index is 0.121. The van der Waals surface area contributed by atoms with Gasteiger partial charge in [-0.15, -0.1) is 0 Å². The first-order chi connectivity index (χ1) is 14.7. The molecule has 1 aliphatic rings. The van der Waals surface area contributed by atoms with Gasteiger partial charge in [-0.3, -0.25) is 4.79 Å². The first kappa shape index (κ1) is 21.4. The molecule has 31 heavy (non-hydrogen) atoms. The maximum Gasteiger partial charge on any atom is 0.416 e. The minimum Gasteiger partial charge on any atom is -0.368 e. The van der Waals surface area contributed by atoms with E-state index < -0.39 is 11.7 Å². The number of hydrogen-bond acceptors (Lipinski definition) is 3. The predicted molar refractivity (Wildman–Crippen MR) is 116 cm³/mol. The second kappa shape index (κ2) is 8.37. The molecular formula is C22H20BrF3N4O. The van der Waals surface area contributed by atoms with E-state index in [4.69, 9.17) is 0 Å². The largest absolute Gasteiger partial charge is 0.416 e. The van der Waals surface area contributed by atoms with Crippen molar-refractivity contribution in [1.82, 2.24) is 14.7 Å². The van der Waals surface area contributed by atoms with Crippen LogP contribution in [0.25, 0.3) is 5.69 Å². The monoisotopic (exact) mass is 492 g/mol. The fraction of sp³-hybridized carbons (Fsp3) is 0.273. The number of halogens is 4. The zero-order valence-electron chi connectivity index (χ0n) is 16.7. The second-order valence-corrected chi connectivity index (χ2v) is 8.27. The van der Waals surface area contributed by atoms with Gasteiger partial charge in [0.1, 0.15) is 0 Å². The lowest BCUT2D eigenvalue weighted by Gasteiger charge is -2.36. The van der Waals surface area contributed by atoms with Gasteiger partial charge < -0.3 is 9.80 Å². The summed E-state index contributed by atoms with van der Waals surface area (Å²) in [5.41, 5.74) is 1.97. The number of piperazine rings is 1. The summed E-state index contributed by atoms with van der Waals surface area (Å²) < 4.78 is 41.6. The van der Waals surface area contributed by atoms with E-state index in [-0.39, 0.29) is 5.91 Å². The Bertz CT molecular complexity index is 1090. The van der Waals surface area contributed by atoms with E-state index in [1.807, 2.05) is 36.1 Å². The van der Waals surface area contributed by atoms with Crippen molar-refractivity contribution in [3.63, 3.8) is 0 Å². The molecule has 0 atom stereocenters. The summed E-state index contributed by atoms with van der Waals surface area (Å²) in [6, 6.07) is 12.9. The summed E-state index contributed by atoms with van der Waals surface area (Å²) >= 11 is 3.40. The van der Waals surface area contributed by atoms with Crippen molar-refractivity contribution in [3.8, 4) is 5.69 Å². The van der Waals surface area contributed by atoms with E-state index >= 15 is 0 Å². The van der Waals surface area contributed by atoms with Crippen LogP contribution in [0.1, 0.15) is 21.6 Å². The van der Waals surface area contributed by atoms with Crippen LogP contribution >= 0.6 is 15.9 Å². The number of carbonyl (C=O) groups is 1. The van der Waals surface area contributed by atoms with E-state index in [0.29, 0.717) is 37.4 Å². The van der Waals surface area contributed by atoms with Gasteiger partial charge in [-0.1, -0.05) is 22.0 Å². The maximum atomic E-state index is 13.0. The van der Waals surface area contributed by atoms with Crippen LogP contribution in [0.15, 0.2) is 59.2 Å². The van der Waals surface area contributed by atoms with Crippen LogP contribution in [0.4, 0.5) is 18.9 Å². The number of benzene rings is 2. The zero-order chi connectivity index (χ0) is 22.2. The van der Waals surface area contributed by atoms with Gasteiger partial charge in [0.15, 0.2) is 0 Å². The molecule has 0 bridgehead atoms. The fourth-order valence-electron chi connectivity index (χ4n) is 3.68. The Morgan fingerprint density at radius 3 is 2.32 bits per heavy atom. The highest BCUT2D eigenvalue weighted by Crippen LogP contribution is 2.32. The van der Waals surface area contributed by atoms with Crippen molar-refractivity contribution in [2.45, 2.75) is 13.1 Å². The Labute approximate surface area is 186 Å². The summed E-state index contributed by atoms with van der Waals surface area (Å²) in [5, 5.41) is 4.36. The topological polar surface area (TPSA) is 41.4 Å². The summed E-state index contributed by atoms with van der Waals surface area (Å²) in [4.78, 5) is 16.6. The Morgan fingerprint density at radius 2 is 1.68 bits per heavy atom. The van der Waals surface area contributed by atoms with Gasteiger partial charge in [0, 0.05) is 36.3 Å². The lowest BCUT2D eigenvalue weighted by Crippen LogP contribution is -2.49. The first-order valence-electron chi connectivity index (χ1n) is 9.76. The maximum absolute atomic E-state index is 13.0. The number of nitrogens with zero attached hydrogens (tertiary/aromatic N) is 4. The van der Waals surface area contributed by atoms with Crippen LogP contribution in [0, 0.1) is 6.92 Å². The van der Waals surface area contributed by atoms with E-state index in [1.54, 1.807) is 21.8 Å². The second-order valence-electron chi connectivity index (χ2n) is 7.36. The third-order valence-corrected chi connectivity index (χ3v) is 5.95. The van der Waals surface area contributed by atoms with Crippen LogP contribution in [-0.2, 0) is 6.18 Å². The minimum atomic E-state index is -4.37. The SMILES string of the molecule is Cc1c(C(=O)N2CCN(c3cccc(C(F)(F)F)c3)CC2)cnn1-c1ccc(Br)cc1. The highest BCUT2D eigenvalue weighted by molar-refractivity contribution is 9.10. The van der Waals surface area contributed by atoms with Crippen molar-refractivity contribution < 1.29 is 18.0 Å². The van der Waals surface area contributed by atoms with Gasteiger partial charge >= 0.3 is 6.18 Å². The first-order valence-corrected chi connectivity index (χ1v) is 10.6. The van der Waals surface area contributed by atoms with E-state index in [0.717, 1.165) is 28.0 Å². The molecule has 0 unspecified atom stereocenters. The summed E-state index contributed by atoms with van der Waals surface area (Å²) in [6.07, 6.45) is -2.81. The Balaban J connectivity index is 1.45. The molecule has 0 N–H and O–H groups in total. The molecule has 0 spiro atoms. The Kier molecular flexibility index (Phi) is 5.79. The summed E-state index contributed by atoms with van der Waals surface area (Å²) in [6.45, 7) is 3.64. The molecule has 2 heterocycles. The number of aromatic nitrogens is 2. The van der Waals surface area contributed by atoms with Crippen LogP contribution in [0.3, 0.4) is 0 Å². The highest BCUT2D eigenvalue weighted by Gasteiger charge is 2.31. The Hall–Kier alpha value is -2.81. The average Bonchev–Trinajstić information content (AvgIpc) is 3.14. The van der Waals surface area contributed by atoms with Crippen molar-refractivity contribution in [1.29, 1.82) is 0 Å². The fourth-order valence-corrected chi connectivity index (χ4v) is 3.94. The molecule has 1 aliphatic heterocycles. The zero-order valence-corrected chi connectivity index (χ0v) is 18.3. The van der Waals surface area contributed by atoms with Crippen LogP contribution in [-0.4, -0.2) is 46.8 Å². The lowest BCUT2D eigenvalue weighted by molar-refractivity contribution is -0.137. The smallest absolute Gasteiger partial charge is 0.368 e. The molecule has 1 fully saturated rings. The predicted octanol–water partition coefficient (Wildman–Crippen LogP) is 4.92. The molecule has 0 radical (unpaired) electrons. The van der Waals surface area contributed by atoms with Gasteiger partial charge in [0.05, 0.1) is 28.7 Å². The molecule has 1 aromatic heterocycles. The molecule has 5 nitrogen and oxygen atoms in total. The standard InChI is InChI=1S/C22H20BrF3N4O/c1-15-20(14-27-30(15)18-7-5-17(23)6-8-18)21(31)29-11-9-28(10-12-29)19-4-2-3-16(13-19)22(24,25)26/h2-8,13-14H,9-12H2,1H3. The summed E-state index contributed by atoms with van der Waals surface area (Å²) in [5.74, 6) is -0.121. The number of carbonyl (C=O) groups excluding carboxylic acids is 1. The molecule has 9 heteroatoms. The Morgan fingerprint density at radius 1 is 1.00 bits per heavy atom. The van der Waals surface area contributed by atoms with Gasteiger partial charge in [-0.2, -0.15) is 18.3 Å². The van der Waals surface area contributed by atoms with Crippen LogP contribution in [0.5, 0.6) is 0 Å². The number of rotatable bonds is 3. The van der Waals surface area contributed by atoms with Crippen molar-refractivity contribution in [2.24, 2.45) is 0 Å². The van der Waals surface area contributed by atoms with E-state index in [9.17, 15) is 18.0 Å². The van der Waals surface area contributed by atoms with Gasteiger partial charge in [-0.05, 0) is 49.4 Å². The molecule has 0 aliphatic carbocycles. The number of hydrogen-bond donors (Lipinski definition) is 0. The lowest BCUT2D eigenvalue weighted by atomic mass is 10.1. The molecule has 0 saturated carbocycles. The van der Waals surface area contributed by atoms with Crippen LogP contribution in [0.2, 0.25) is 0 Å². The molecular weight excluding hydrogens is 473 g/mol. The molecule has 1 saturated heterocycles. The van der Waals surface area contributed by atoms with Gasteiger partial charge in [0.25, 0.3) is 5.91 Å². The van der Waals surface area contributed by atoms with E-state index in [1.165, 1.54) is 6.07 Å². The van der Waals surface area contributed by atoms with Crippen LogP contribution < -0.4 is 4.90 Å². The molecule has 4 rings (SSSR count). The number of amides is 1. The van der Waals surface area contributed by atoms with Gasteiger partial charge in [0.2, 0.25) is 0 Å². The number of anilines is 1. The van der Waals surface area contributed by atoms with E-state index in [2.05, 4.69) is 21.0 Å². The molecule has 2 aromatic carbocycles. The normalized spacial score (nSPS) is 14.7. The van der Waals surface area contributed by atoms with Gasteiger partial charge in [-0.25, -0.2) is 4.68 Å². The van der Waals surface area contributed by atoms with Crippen molar-refractivity contribution in [2.75, 3.05) is 31.1 Å². The van der Waals surface area contributed by atoms with Crippen molar-refractivity contribution in [3.05, 3.63) is 76.0 Å². The third kappa shape index (κ3) is 4.46. The number of alkyl halides is 3. The van der Waals surface area contributed by atoms with Crippen molar-refractivity contribution >= 4 is 27.5 Å². The molecule has 3 aromatic rings. The quantitative estimate of drug-likeness (QED) is 0.520. The summed E-state index contributed by atoms with van der Waals surface area (Å²) in [7, 11) is 0.